The average Bonchev–Trinajstić information content (AvgIpc) is 2.74. The van der Waals surface area contributed by atoms with Crippen LogP contribution in [0.5, 0.6) is 0 Å². The summed E-state index contributed by atoms with van der Waals surface area (Å²) in [5.41, 5.74) is -1.05. The van der Waals surface area contributed by atoms with E-state index in [2.05, 4.69) is 16.8 Å². The summed E-state index contributed by atoms with van der Waals surface area (Å²) >= 11 is 1.43. The molecule has 4 nitrogen and oxygen atoms in total. The average molecular weight is 492 g/mol. The molecule has 0 aliphatic carbocycles. The number of hydrogen-bond acceptors (Lipinski definition) is 5. The molecule has 33 heavy (non-hydrogen) atoms. The molecular formula is C21H19F7N4S. The number of rotatable bonds is 4. The molecule has 2 aromatic rings. The SMILES string of the molecule is CC#CC1CN(Sc2ccc(N)nc2)CCN1c1ccc(C(F)(C(F)(F)F)C(F)(F)F)cc1. The van der Waals surface area contributed by atoms with Gasteiger partial charge in [-0.2, -0.15) is 26.3 Å². The molecule has 3 rings (SSSR count). The van der Waals surface area contributed by atoms with E-state index in [0.29, 0.717) is 43.3 Å². The van der Waals surface area contributed by atoms with Crippen molar-refractivity contribution in [2.24, 2.45) is 0 Å². The second-order valence-corrected chi connectivity index (χ2v) is 8.37. The predicted molar refractivity (Wildman–Crippen MR) is 112 cm³/mol. The van der Waals surface area contributed by atoms with Crippen molar-refractivity contribution in [2.45, 2.75) is 35.9 Å². The Balaban J connectivity index is 1.81. The first kappa shape index (κ1) is 25.0. The number of hydrogen-bond donors (Lipinski definition) is 1. The Bertz CT molecular complexity index is 997. The lowest BCUT2D eigenvalue weighted by Crippen LogP contribution is -2.51. The molecule has 0 radical (unpaired) electrons. The summed E-state index contributed by atoms with van der Waals surface area (Å²) < 4.78 is 94.3. The predicted octanol–water partition coefficient (Wildman–Crippen LogP) is 5.17. The van der Waals surface area contributed by atoms with Crippen molar-refractivity contribution >= 4 is 23.5 Å². The van der Waals surface area contributed by atoms with Gasteiger partial charge in [0.2, 0.25) is 0 Å². The Kier molecular flexibility index (Phi) is 7.04. The van der Waals surface area contributed by atoms with Crippen LogP contribution in [0.4, 0.5) is 42.2 Å². The summed E-state index contributed by atoms with van der Waals surface area (Å²) in [6.45, 7) is 2.99. The molecule has 2 heterocycles. The highest BCUT2D eigenvalue weighted by Crippen LogP contribution is 2.53. The van der Waals surface area contributed by atoms with E-state index in [-0.39, 0.29) is 6.04 Å². The Morgan fingerprint density at radius 1 is 0.970 bits per heavy atom. The molecule has 1 aliphatic rings. The van der Waals surface area contributed by atoms with Gasteiger partial charge in [0.25, 0.3) is 0 Å². The summed E-state index contributed by atoms with van der Waals surface area (Å²) in [6.07, 6.45) is -10.7. The van der Waals surface area contributed by atoms with E-state index in [4.69, 9.17) is 5.73 Å². The van der Waals surface area contributed by atoms with E-state index in [1.807, 2.05) is 10.4 Å². The normalized spacial score (nSPS) is 18.1. The summed E-state index contributed by atoms with van der Waals surface area (Å²) in [6, 6.07) is 6.24. The largest absolute Gasteiger partial charge is 0.435 e. The standard InChI is InChI=1S/C21H19F7N4S/c1-2-3-16-13-31(33-17-8-9-18(29)30-12-17)10-11-32(16)15-6-4-14(5-7-15)19(22,20(23,24)25)21(26,27)28/h4-9,12,16H,10-11,13H2,1H3,(H2,29,30). The van der Waals surface area contributed by atoms with Crippen LogP contribution in [0.25, 0.3) is 0 Å². The highest BCUT2D eigenvalue weighted by molar-refractivity contribution is 7.97. The van der Waals surface area contributed by atoms with Crippen molar-refractivity contribution in [1.82, 2.24) is 9.29 Å². The summed E-state index contributed by atoms with van der Waals surface area (Å²) in [5.74, 6) is 6.18. The van der Waals surface area contributed by atoms with E-state index < -0.39 is 23.6 Å². The van der Waals surface area contributed by atoms with Crippen molar-refractivity contribution < 1.29 is 30.7 Å². The van der Waals surface area contributed by atoms with Crippen molar-refractivity contribution in [3.05, 3.63) is 48.2 Å². The van der Waals surface area contributed by atoms with Gasteiger partial charge < -0.3 is 10.6 Å². The molecule has 0 saturated carbocycles. The topological polar surface area (TPSA) is 45.4 Å². The lowest BCUT2D eigenvalue weighted by molar-refractivity contribution is -0.348. The fourth-order valence-corrected chi connectivity index (χ4v) is 4.32. The third kappa shape index (κ3) is 5.14. The van der Waals surface area contributed by atoms with E-state index >= 15 is 0 Å². The fourth-order valence-electron chi connectivity index (χ4n) is 3.41. The molecule has 0 spiro atoms. The summed E-state index contributed by atoms with van der Waals surface area (Å²) in [5, 5.41) is 0. The molecule has 1 atom stereocenters. The van der Waals surface area contributed by atoms with Gasteiger partial charge in [0.1, 0.15) is 11.9 Å². The lowest BCUT2D eigenvalue weighted by atomic mass is 9.94. The van der Waals surface area contributed by atoms with Gasteiger partial charge in [0.15, 0.2) is 0 Å². The molecule has 1 aromatic heterocycles. The quantitative estimate of drug-likeness (QED) is 0.362. The van der Waals surface area contributed by atoms with Crippen LogP contribution < -0.4 is 10.6 Å². The minimum absolute atomic E-state index is 0.344. The molecule has 0 bridgehead atoms. The number of piperazine rings is 1. The van der Waals surface area contributed by atoms with E-state index in [0.717, 1.165) is 17.0 Å². The molecule has 1 fully saturated rings. The molecule has 12 heteroatoms. The van der Waals surface area contributed by atoms with Gasteiger partial charge in [-0.25, -0.2) is 13.7 Å². The van der Waals surface area contributed by atoms with Gasteiger partial charge in [-0.05, 0) is 43.1 Å². The molecule has 0 amide bonds. The van der Waals surface area contributed by atoms with Gasteiger partial charge in [-0.3, -0.25) is 0 Å². The fraction of sp³-hybridized carbons (Fsp3) is 0.381. The maximum atomic E-state index is 14.3. The molecule has 1 unspecified atom stereocenters. The van der Waals surface area contributed by atoms with Crippen LogP contribution in [0.15, 0.2) is 47.5 Å². The maximum Gasteiger partial charge on any atom is 0.435 e. The maximum absolute atomic E-state index is 14.3. The molecule has 2 N–H and O–H groups in total. The van der Waals surface area contributed by atoms with E-state index in [9.17, 15) is 30.7 Å². The van der Waals surface area contributed by atoms with Crippen molar-refractivity contribution in [2.75, 3.05) is 30.3 Å². The number of nitrogen functional groups attached to an aromatic ring is 1. The van der Waals surface area contributed by atoms with Gasteiger partial charge in [0.05, 0.1) is 0 Å². The molecule has 1 aromatic carbocycles. The zero-order valence-electron chi connectivity index (χ0n) is 17.2. The summed E-state index contributed by atoms with van der Waals surface area (Å²) in [4.78, 5) is 6.64. The van der Waals surface area contributed by atoms with Crippen LogP contribution in [-0.2, 0) is 5.67 Å². The number of nitrogens with two attached hydrogens (primary N) is 1. The van der Waals surface area contributed by atoms with Gasteiger partial charge in [0, 0.05) is 42.0 Å². The number of anilines is 2. The van der Waals surface area contributed by atoms with Crippen LogP contribution in [0.2, 0.25) is 0 Å². The van der Waals surface area contributed by atoms with E-state index in [1.54, 1.807) is 24.1 Å². The molecule has 1 aliphatic heterocycles. The smallest absolute Gasteiger partial charge is 0.384 e. The van der Waals surface area contributed by atoms with Crippen LogP contribution in [0, 0.1) is 11.8 Å². The molecular weight excluding hydrogens is 473 g/mol. The second kappa shape index (κ2) is 9.30. The second-order valence-electron chi connectivity index (χ2n) is 7.20. The van der Waals surface area contributed by atoms with E-state index in [1.165, 1.54) is 11.9 Å². The Hall–Kier alpha value is -2.65. The van der Waals surface area contributed by atoms with Crippen molar-refractivity contribution in [3.8, 4) is 11.8 Å². The van der Waals surface area contributed by atoms with Crippen LogP contribution in [0.3, 0.4) is 0 Å². The minimum atomic E-state index is -6.15. The zero-order valence-corrected chi connectivity index (χ0v) is 18.0. The Morgan fingerprint density at radius 3 is 2.12 bits per heavy atom. The van der Waals surface area contributed by atoms with Gasteiger partial charge in [-0.1, -0.05) is 18.1 Å². The number of halogens is 7. The third-order valence-corrected chi connectivity index (χ3v) is 6.07. The van der Waals surface area contributed by atoms with Gasteiger partial charge in [-0.15, -0.1) is 5.92 Å². The monoisotopic (exact) mass is 492 g/mol. The number of pyridine rings is 1. The first-order valence-corrected chi connectivity index (χ1v) is 10.4. The molecule has 178 valence electrons. The first-order valence-electron chi connectivity index (χ1n) is 9.63. The number of aromatic nitrogens is 1. The van der Waals surface area contributed by atoms with Crippen LogP contribution >= 0.6 is 11.9 Å². The van der Waals surface area contributed by atoms with Crippen LogP contribution in [-0.4, -0.2) is 47.3 Å². The number of nitrogens with zero attached hydrogens (tertiary/aromatic N) is 3. The first-order chi connectivity index (χ1) is 15.4. The molecule has 1 saturated heterocycles. The van der Waals surface area contributed by atoms with Gasteiger partial charge >= 0.3 is 18.0 Å². The zero-order chi connectivity index (χ0) is 24.4. The number of benzene rings is 1. The van der Waals surface area contributed by atoms with Crippen LogP contribution in [0.1, 0.15) is 12.5 Å². The van der Waals surface area contributed by atoms with Crippen molar-refractivity contribution in [3.63, 3.8) is 0 Å². The highest BCUT2D eigenvalue weighted by atomic mass is 32.2. The highest BCUT2D eigenvalue weighted by Gasteiger charge is 2.73. The third-order valence-electron chi connectivity index (χ3n) is 5.03. The minimum Gasteiger partial charge on any atom is -0.384 e. The lowest BCUT2D eigenvalue weighted by Gasteiger charge is -2.40. The van der Waals surface area contributed by atoms with Crippen molar-refractivity contribution in [1.29, 1.82) is 0 Å². The number of alkyl halides is 7. The summed E-state index contributed by atoms with van der Waals surface area (Å²) in [7, 11) is 0. The Labute approximate surface area is 190 Å². The Morgan fingerprint density at radius 2 is 1.61 bits per heavy atom.